The fourth-order valence-corrected chi connectivity index (χ4v) is 4.88. The van der Waals surface area contributed by atoms with Crippen LogP contribution in [-0.2, 0) is 9.84 Å². The summed E-state index contributed by atoms with van der Waals surface area (Å²) in [7, 11) is -4.07. The Morgan fingerprint density at radius 3 is 2.26 bits per heavy atom. The molecular weight excluding hydrogens is 435 g/mol. The Morgan fingerprint density at radius 1 is 0.871 bits per heavy atom. The molecule has 0 spiro atoms. The predicted molar refractivity (Wildman–Crippen MR) is 103 cm³/mol. The number of carbonyl (C=O) groups excluding carboxylic acids is 2. The second kappa shape index (κ2) is 7.24. The number of alkyl halides is 3. The summed E-state index contributed by atoms with van der Waals surface area (Å²) in [6.45, 7) is 0. The van der Waals surface area contributed by atoms with Gasteiger partial charge in [-0.2, -0.15) is 0 Å². The van der Waals surface area contributed by atoms with E-state index in [4.69, 9.17) is 0 Å². The number of para-hydroxylation sites is 2. The minimum atomic E-state index is -4.96. The number of anilines is 1. The highest BCUT2D eigenvalue weighted by Gasteiger charge is 2.35. The van der Waals surface area contributed by atoms with E-state index in [0.717, 1.165) is 12.1 Å². The molecule has 10 heteroatoms. The molecule has 1 N–H and O–H groups in total. The average molecular weight is 447 g/mol. The fraction of sp³-hybridized carbons (Fsp3) is 0.0476. The second-order valence-electron chi connectivity index (χ2n) is 6.54. The number of halogens is 3. The molecule has 0 saturated heterocycles. The summed E-state index contributed by atoms with van der Waals surface area (Å²) in [4.78, 5) is 24.8. The van der Waals surface area contributed by atoms with Gasteiger partial charge >= 0.3 is 6.36 Å². The molecule has 0 radical (unpaired) electrons. The van der Waals surface area contributed by atoms with Gasteiger partial charge in [0.1, 0.15) is 0 Å². The van der Waals surface area contributed by atoms with Crippen molar-refractivity contribution in [1.29, 1.82) is 0 Å². The lowest BCUT2D eigenvalue weighted by Crippen LogP contribution is -2.22. The number of hydrogen-bond donors (Lipinski definition) is 1. The molecule has 0 aliphatic carbocycles. The van der Waals surface area contributed by atoms with E-state index in [1.807, 2.05) is 0 Å². The van der Waals surface area contributed by atoms with Crippen molar-refractivity contribution >= 4 is 27.2 Å². The summed E-state index contributed by atoms with van der Waals surface area (Å²) in [5.74, 6) is -2.00. The molecule has 4 rings (SSSR count). The molecule has 1 heterocycles. The number of nitrogens with one attached hydrogen (secondary N) is 1. The first-order valence-electron chi connectivity index (χ1n) is 8.77. The van der Waals surface area contributed by atoms with E-state index < -0.39 is 33.6 Å². The first-order valence-corrected chi connectivity index (χ1v) is 10.3. The van der Waals surface area contributed by atoms with E-state index in [9.17, 15) is 31.2 Å². The molecule has 0 saturated carbocycles. The third kappa shape index (κ3) is 3.77. The van der Waals surface area contributed by atoms with Crippen molar-refractivity contribution in [2.24, 2.45) is 0 Å². The van der Waals surface area contributed by atoms with Gasteiger partial charge in [0.25, 0.3) is 5.91 Å². The summed E-state index contributed by atoms with van der Waals surface area (Å²) in [6.07, 6.45) is -4.96. The van der Waals surface area contributed by atoms with Gasteiger partial charge in [-0.25, -0.2) is 8.42 Å². The molecule has 158 valence electrons. The number of carbonyl (C=O) groups is 2. The lowest BCUT2D eigenvalue weighted by Gasteiger charge is -2.19. The van der Waals surface area contributed by atoms with Crippen LogP contribution < -0.4 is 10.1 Å². The monoisotopic (exact) mass is 447 g/mol. The predicted octanol–water partition coefficient (Wildman–Crippen LogP) is 4.21. The summed E-state index contributed by atoms with van der Waals surface area (Å²) in [5.41, 5.74) is -0.468. The van der Waals surface area contributed by atoms with Gasteiger partial charge in [0.05, 0.1) is 15.5 Å². The Labute approximate surface area is 174 Å². The third-order valence-electron chi connectivity index (χ3n) is 4.56. The highest BCUT2D eigenvalue weighted by atomic mass is 32.2. The van der Waals surface area contributed by atoms with Gasteiger partial charge in [-0.05, 0) is 42.5 Å². The zero-order valence-electron chi connectivity index (χ0n) is 15.4. The number of fused-ring (bicyclic) bond motifs is 2. The lowest BCUT2D eigenvalue weighted by atomic mass is 10.0. The minimum Gasteiger partial charge on any atom is -0.404 e. The van der Waals surface area contributed by atoms with Gasteiger partial charge in [-0.15, -0.1) is 13.2 Å². The van der Waals surface area contributed by atoms with Gasteiger partial charge < -0.3 is 10.1 Å². The number of benzene rings is 3. The molecule has 3 aromatic carbocycles. The van der Waals surface area contributed by atoms with E-state index in [-0.39, 0.29) is 32.2 Å². The summed E-state index contributed by atoms with van der Waals surface area (Å²) >= 11 is 0. The van der Waals surface area contributed by atoms with Gasteiger partial charge in [-0.1, -0.05) is 24.3 Å². The van der Waals surface area contributed by atoms with Crippen molar-refractivity contribution < 1.29 is 35.9 Å². The van der Waals surface area contributed by atoms with Crippen molar-refractivity contribution in [2.45, 2.75) is 16.2 Å². The Bertz CT molecular complexity index is 1330. The molecule has 0 atom stereocenters. The Morgan fingerprint density at radius 2 is 1.52 bits per heavy atom. The maximum absolute atomic E-state index is 13.0. The molecule has 1 aliphatic rings. The summed E-state index contributed by atoms with van der Waals surface area (Å²) in [6, 6.07) is 14.1. The zero-order chi connectivity index (χ0) is 22.4. The van der Waals surface area contributed by atoms with Crippen molar-refractivity contribution in [2.75, 3.05) is 5.32 Å². The first kappa shape index (κ1) is 20.6. The maximum Gasteiger partial charge on any atom is 0.573 e. The van der Waals surface area contributed by atoms with E-state index in [2.05, 4.69) is 10.1 Å². The minimum absolute atomic E-state index is 0.0328. The Kier molecular flexibility index (Phi) is 4.81. The number of ether oxygens (including phenoxy) is 1. The normalized spacial score (nSPS) is 14.4. The SMILES string of the molecule is O=C(Nc1ccccc1OC(F)(F)F)c1ccc2c(c1)S(=O)(=O)c1ccccc1C2=O. The highest BCUT2D eigenvalue weighted by Crippen LogP contribution is 2.35. The quantitative estimate of drug-likeness (QED) is 0.508. The molecule has 31 heavy (non-hydrogen) atoms. The van der Waals surface area contributed by atoms with Gasteiger partial charge in [0.15, 0.2) is 11.5 Å². The van der Waals surface area contributed by atoms with Crippen LogP contribution >= 0.6 is 0 Å². The first-order chi connectivity index (χ1) is 14.6. The van der Waals surface area contributed by atoms with Crippen molar-refractivity contribution in [3.8, 4) is 5.75 Å². The topological polar surface area (TPSA) is 89.5 Å². The highest BCUT2D eigenvalue weighted by molar-refractivity contribution is 7.91. The van der Waals surface area contributed by atoms with Crippen LogP contribution in [-0.4, -0.2) is 26.5 Å². The van der Waals surface area contributed by atoms with Crippen LogP contribution in [0.3, 0.4) is 0 Å². The molecule has 3 aromatic rings. The largest absolute Gasteiger partial charge is 0.573 e. The molecule has 6 nitrogen and oxygen atoms in total. The molecule has 0 fully saturated rings. The smallest absolute Gasteiger partial charge is 0.404 e. The zero-order valence-corrected chi connectivity index (χ0v) is 16.3. The van der Waals surface area contributed by atoms with Crippen LogP contribution in [0.5, 0.6) is 5.75 Å². The lowest BCUT2D eigenvalue weighted by molar-refractivity contribution is -0.274. The average Bonchev–Trinajstić information content (AvgIpc) is 2.72. The van der Waals surface area contributed by atoms with Crippen LogP contribution in [0.25, 0.3) is 0 Å². The number of rotatable bonds is 3. The van der Waals surface area contributed by atoms with Gasteiger partial charge in [0, 0.05) is 16.7 Å². The van der Waals surface area contributed by atoms with Crippen LogP contribution in [0.15, 0.2) is 76.5 Å². The Hall–Kier alpha value is -3.66. The molecule has 1 aliphatic heterocycles. The van der Waals surface area contributed by atoms with E-state index in [1.54, 1.807) is 6.07 Å². The van der Waals surface area contributed by atoms with E-state index >= 15 is 0 Å². The maximum atomic E-state index is 13.0. The Balaban J connectivity index is 1.71. The van der Waals surface area contributed by atoms with Crippen LogP contribution in [0.4, 0.5) is 18.9 Å². The standard InChI is InChI=1S/C21H12F3NO5S/c22-21(23,24)30-16-7-3-2-6-15(16)25-20(27)12-9-10-14-18(11-12)31(28,29)17-8-4-1-5-13(17)19(14)26/h1-11H,(H,25,27). The second-order valence-corrected chi connectivity index (χ2v) is 8.42. The van der Waals surface area contributed by atoms with E-state index in [0.29, 0.717) is 0 Å². The molecule has 0 unspecified atom stereocenters. The number of sulfone groups is 1. The molecule has 1 amide bonds. The van der Waals surface area contributed by atoms with Crippen molar-refractivity contribution in [1.82, 2.24) is 0 Å². The molecule has 0 bridgehead atoms. The van der Waals surface area contributed by atoms with Gasteiger partial charge in [-0.3, -0.25) is 9.59 Å². The van der Waals surface area contributed by atoms with Crippen molar-refractivity contribution in [3.63, 3.8) is 0 Å². The third-order valence-corrected chi connectivity index (χ3v) is 6.41. The van der Waals surface area contributed by atoms with Crippen molar-refractivity contribution in [3.05, 3.63) is 83.4 Å². The van der Waals surface area contributed by atoms with Crippen LogP contribution in [0.2, 0.25) is 0 Å². The van der Waals surface area contributed by atoms with Crippen LogP contribution in [0, 0.1) is 0 Å². The molecular formula is C21H12F3NO5S. The van der Waals surface area contributed by atoms with Crippen LogP contribution in [0.1, 0.15) is 26.3 Å². The molecule has 0 aromatic heterocycles. The van der Waals surface area contributed by atoms with E-state index in [1.165, 1.54) is 48.5 Å². The van der Waals surface area contributed by atoms with Gasteiger partial charge in [0.2, 0.25) is 9.84 Å². The number of hydrogen-bond acceptors (Lipinski definition) is 5. The fourth-order valence-electron chi connectivity index (χ4n) is 3.20. The number of amides is 1. The summed E-state index contributed by atoms with van der Waals surface area (Å²) < 4.78 is 67.5. The summed E-state index contributed by atoms with van der Waals surface area (Å²) in [5, 5.41) is 2.27. The number of ketones is 1.